The summed E-state index contributed by atoms with van der Waals surface area (Å²) in [4.78, 5) is 2.45. The molecule has 0 bridgehead atoms. The number of rotatable bonds is 7. The van der Waals surface area contributed by atoms with Crippen molar-refractivity contribution in [2.45, 2.75) is 12.3 Å². The van der Waals surface area contributed by atoms with Crippen LogP contribution in [0.2, 0.25) is 0 Å². The Hall–Kier alpha value is -7.42. The molecule has 1 unspecified atom stereocenters. The van der Waals surface area contributed by atoms with E-state index in [9.17, 15) is 0 Å². The maximum Gasteiger partial charge on any atom is 0.0726 e. The number of benzene rings is 8. The highest BCUT2D eigenvalue weighted by Gasteiger charge is 2.51. The summed E-state index contributed by atoms with van der Waals surface area (Å²) in [5.74, 6) is 0. The van der Waals surface area contributed by atoms with Crippen LogP contribution in [-0.2, 0) is 5.41 Å². The number of nitrogens with zero attached hydrogens (tertiary/aromatic N) is 2. The first-order chi connectivity index (χ1) is 28.7. The van der Waals surface area contributed by atoms with E-state index < -0.39 is 5.41 Å². The lowest BCUT2D eigenvalue weighted by molar-refractivity contribution is 0.786. The fraction of sp³-hybridized carbons (Fsp3) is 0.0357. The molecule has 0 saturated heterocycles. The van der Waals surface area contributed by atoms with E-state index in [4.69, 9.17) is 0 Å². The molecule has 0 aliphatic heterocycles. The SMILES string of the molecule is C=CC1=C(/C=C\C)C2(c3ccccc31)c1ccccc1-c1ccc(N(c3cccc(-c4ccccc4)c3)c3ccc4c(c3)c3ccccc3n4-c3ccccc3)cc12. The second kappa shape index (κ2) is 13.4. The quantitative estimate of drug-likeness (QED) is 0.158. The summed E-state index contributed by atoms with van der Waals surface area (Å²) in [5.41, 5.74) is 18.8. The Bertz CT molecular complexity index is 3140. The normalized spacial score (nSPS) is 15.3. The van der Waals surface area contributed by atoms with Crippen LogP contribution in [0, 0.1) is 0 Å². The molecule has 11 rings (SSSR count). The van der Waals surface area contributed by atoms with Crippen LogP contribution in [0.15, 0.2) is 225 Å². The van der Waals surface area contributed by atoms with Crippen molar-refractivity contribution in [3.05, 3.63) is 247 Å². The maximum atomic E-state index is 4.36. The Labute approximate surface area is 339 Å². The van der Waals surface area contributed by atoms with Gasteiger partial charge in [0.2, 0.25) is 0 Å². The standard InChI is InChI=1S/C56H40N2/c1-3-18-50-44(4-2)45-25-11-14-28-51(45)56(50)52-29-15-12-26-46(52)47-33-31-43(37-53(47)56)57(41-24-17-21-39(35-41)38-19-7-5-8-20-38)42-32-34-55-49(36-42)48-27-13-16-30-54(48)58(55)40-22-9-6-10-23-40/h3-37H,2H2,1H3/b18-3-. The third kappa shape index (κ3) is 4.85. The van der Waals surface area contributed by atoms with Crippen LogP contribution < -0.4 is 4.90 Å². The van der Waals surface area contributed by atoms with E-state index in [0.717, 1.165) is 22.7 Å². The molecule has 2 nitrogen and oxygen atoms in total. The Kier molecular flexibility index (Phi) is 7.80. The molecular formula is C56H40N2. The first kappa shape index (κ1) is 33.9. The average molecular weight is 741 g/mol. The minimum Gasteiger partial charge on any atom is -0.310 e. The van der Waals surface area contributed by atoms with Gasteiger partial charge in [-0.25, -0.2) is 0 Å². The Morgan fingerprint density at radius 3 is 1.88 bits per heavy atom. The summed E-state index contributed by atoms with van der Waals surface area (Å²) in [5, 5.41) is 2.44. The molecule has 1 atom stereocenters. The van der Waals surface area contributed by atoms with Crippen molar-refractivity contribution in [1.29, 1.82) is 0 Å². The molecule has 274 valence electrons. The van der Waals surface area contributed by atoms with Gasteiger partial charge < -0.3 is 9.47 Å². The van der Waals surface area contributed by atoms with E-state index in [1.54, 1.807) is 0 Å². The van der Waals surface area contributed by atoms with E-state index in [2.05, 4.69) is 235 Å². The van der Waals surface area contributed by atoms with Gasteiger partial charge in [0.1, 0.15) is 0 Å². The average Bonchev–Trinajstić information content (AvgIpc) is 3.88. The fourth-order valence-corrected chi connectivity index (χ4v) is 9.98. The number of fused-ring (bicyclic) bond motifs is 10. The molecule has 9 aromatic rings. The number of para-hydroxylation sites is 2. The zero-order valence-corrected chi connectivity index (χ0v) is 32.3. The fourth-order valence-electron chi connectivity index (χ4n) is 9.98. The Morgan fingerprint density at radius 2 is 1.09 bits per heavy atom. The molecule has 8 aromatic carbocycles. The highest BCUT2D eigenvalue weighted by atomic mass is 15.1. The summed E-state index contributed by atoms with van der Waals surface area (Å²) in [6.45, 7) is 6.48. The summed E-state index contributed by atoms with van der Waals surface area (Å²) in [7, 11) is 0. The van der Waals surface area contributed by atoms with Gasteiger partial charge >= 0.3 is 0 Å². The van der Waals surface area contributed by atoms with Gasteiger partial charge in [0.25, 0.3) is 0 Å². The highest BCUT2D eigenvalue weighted by molar-refractivity contribution is 6.11. The molecule has 0 fully saturated rings. The minimum absolute atomic E-state index is 0.501. The van der Waals surface area contributed by atoms with Crippen molar-refractivity contribution >= 4 is 44.4 Å². The van der Waals surface area contributed by atoms with Crippen molar-refractivity contribution in [2.24, 2.45) is 0 Å². The highest BCUT2D eigenvalue weighted by Crippen LogP contribution is 2.63. The van der Waals surface area contributed by atoms with Crippen molar-refractivity contribution in [1.82, 2.24) is 4.57 Å². The predicted molar refractivity (Wildman–Crippen MR) is 245 cm³/mol. The zero-order chi connectivity index (χ0) is 38.8. The second-order valence-electron chi connectivity index (χ2n) is 15.2. The van der Waals surface area contributed by atoms with Crippen LogP contribution in [0.3, 0.4) is 0 Å². The third-order valence-electron chi connectivity index (χ3n) is 12.3. The number of aromatic nitrogens is 1. The van der Waals surface area contributed by atoms with Gasteiger partial charge in [-0.3, -0.25) is 0 Å². The van der Waals surface area contributed by atoms with Crippen LogP contribution in [0.1, 0.15) is 29.2 Å². The number of hydrogen-bond acceptors (Lipinski definition) is 1. The lowest BCUT2D eigenvalue weighted by Crippen LogP contribution is -2.27. The molecule has 1 heterocycles. The van der Waals surface area contributed by atoms with E-state index in [-0.39, 0.29) is 0 Å². The molecule has 2 aliphatic carbocycles. The largest absolute Gasteiger partial charge is 0.310 e. The van der Waals surface area contributed by atoms with Crippen molar-refractivity contribution in [3.8, 4) is 27.9 Å². The lowest BCUT2D eigenvalue weighted by Gasteiger charge is -2.33. The summed E-state index contributed by atoms with van der Waals surface area (Å²) in [6.07, 6.45) is 6.54. The molecule has 58 heavy (non-hydrogen) atoms. The molecule has 0 N–H and O–H groups in total. The summed E-state index contributed by atoms with van der Waals surface area (Å²) < 4.78 is 2.38. The third-order valence-corrected chi connectivity index (χ3v) is 12.3. The number of allylic oxidation sites excluding steroid dienone is 5. The molecule has 0 saturated carbocycles. The lowest BCUT2D eigenvalue weighted by atomic mass is 9.69. The molecule has 0 radical (unpaired) electrons. The molecule has 2 heteroatoms. The number of hydrogen-bond donors (Lipinski definition) is 0. The van der Waals surface area contributed by atoms with Gasteiger partial charge in [0, 0.05) is 33.5 Å². The van der Waals surface area contributed by atoms with E-state index in [1.165, 1.54) is 77.5 Å². The zero-order valence-electron chi connectivity index (χ0n) is 32.3. The maximum absolute atomic E-state index is 4.36. The van der Waals surface area contributed by atoms with Gasteiger partial charge in [-0.1, -0.05) is 158 Å². The van der Waals surface area contributed by atoms with Crippen molar-refractivity contribution in [3.63, 3.8) is 0 Å². The van der Waals surface area contributed by atoms with Crippen molar-refractivity contribution < 1.29 is 0 Å². The van der Waals surface area contributed by atoms with Crippen molar-refractivity contribution in [2.75, 3.05) is 4.90 Å². The van der Waals surface area contributed by atoms with E-state index >= 15 is 0 Å². The Balaban J connectivity index is 1.19. The molecule has 1 spiro atoms. The van der Waals surface area contributed by atoms with Crippen LogP contribution >= 0.6 is 0 Å². The predicted octanol–water partition coefficient (Wildman–Crippen LogP) is 14.8. The molecule has 1 aromatic heterocycles. The Morgan fingerprint density at radius 1 is 0.483 bits per heavy atom. The van der Waals surface area contributed by atoms with Crippen LogP contribution in [0.5, 0.6) is 0 Å². The molecule has 2 aliphatic rings. The van der Waals surface area contributed by atoms with Gasteiger partial charge in [0.15, 0.2) is 0 Å². The van der Waals surface area contributed by atoms with E-state index in [0.29, 0.717) is 0 Å². The smallest absolute Gasteiger partial charge is 0.0726 e. The van der Waals surface area contributed by atoms with E-state index in [1.807, 2.05) is 0 Å². The monoisotopic (exact) mass is 740 g/mol. The summed E-state index contributed by atoms with van der Waals surface area (Å²) >= 11 is 0. The second-order valence-corrected chi connectivity index (χ2v) is 15.2. The van der Waals surface area contributed by atoms with Gasteiger partial charge in [-0.2, -0.15) is 0 Å². The molecule has 0 amide bonds. The topological polar surface area (TPSA) is 8.17 Å². The van der Waals surface area contributed by atoms with Crippen LogP contribution in [0.4, 0.5) is 17.1 Å². The minimum atomic E-state index is -0.501. The first-order valence-electron chi connectivity index (χ1n) is 20.1. The van der Waals surface area contributed by atoms with Crippen LogP contribution in [-0.4, -0.2) is 4.57 Å². The van der Waals surface area contributed by atoms with Gasteiger partial charge in [-0.15, -0.1) is 0 Å². The van der Waals surface area contributed by atoms with Crippen LogP contribution in [0.25, 0.3) is 55.3 Å². The van der Waals surface area contributed by atoms with Gasteiger partial charge in [0.05, 0.1) is 16.4 Å². The summed E-state index contributed by atoms with van der Waals surface area (Å²) in [6, 6.07) is 71.1. The first-order valence-corrected chi connectivity index (χ1v) is 20.1. The number of anilines is 3. The van der Waals surface area contributed by atoms with Gasteiger partial charge in [-0.05, 0) is 123 Å². The molecular weight excluding hydrogens is 701 g/mol.